The zero-order chi connectivity index (χ0) is 14.6. The minimum atomic E-state index is -4.51. The van der Waals surface area contributed by atoms with E-state index in [1.165, 1.54) is 12.1 Å². The Bertz CT molecular complexity index is 447. The number of carboxylic acid groups (broad SMARTS) is 1. The minimum absolute atomic E-state index is 0.0155. The maximum atomic E-state index is 12.4. The molecule has 1 unspecified atom stereocenters. The summed E-state index contributed by atoms with van der Waals surface area (Å²) in [5.74, 6) is -1.79. The van der Waals surface area contributed by atoms with Crippen LogP contribution in [0, 0.1) is 11.8 Å². The van der Waals surface area contributed by atoms with E-state index in [2.05, 4.69) is 10.3 Å². The third-order valence-corrected chi connectivity index (χ3v) is 2.66. The van der Waals surface area contributed by atoms with Gasteiger partial charge < -0.3 is 10.4 Å². The van der Waals surface area contributed by atoms with Crippen molar-refractivity contribution >= 4 is 11.8 Å². The van der Waals surface area contributed by atoms with Crippen LogP contribution >= 0.6 is 0 Å². The molecule has 0 aliphatic heterocycles. The van der Waals surface area contributed by atoms with Gasteiger partial charge >= 0.3 is 12.1 Å². The van der Waals surface area contributed by atoms with Gasteiger partial charge in [-0.2, -0.15) is 13.2 Å². The third-order valence-electron chi connectivity index (χ3n) is 2.66. The summed E-state index contributed by atoms with van der Waals surface area (Å²) < 4.78 is 37.3. The van der Waals surface area contributed by atoms with E-state index in [4.69, 9.17) is 5.11 Å². The summed E-state index contributed by atoms with van der Waals surface area (Å²) in [6.07, 6.45) is -4.51. The summed E-state index contributed by atoms with van der Waals surface area (Å²) in [4.78, 5) is 14.4. The highest BCUT2D eigenvalue weighted by Gasteiger charge is 2.32. The monoisotopic (exact) mass is 276 g/mol. The maximum absolute atomic E-state index is 12.4. The molecule has 4 nitrogen and oxygen atoms in total. The van der Waals surface area contributed by atoms with Crippen molar-refractivity contribution in [2.75, 3.05) is 11.9 Å². The van der Waals surface area contributed by atoms with Crippen LogP contribution in [0.15, 0.2) is 18.2 Å². The molecule has 0 saturated carbocycles. The van der Waals surface area contributed by atoms with Crippen LogP contribution in [-0.4, -0.2) is 22.6 Å². The van der Waals surface area contributed by atoms with Crippen molar-refractivity contribution in [1.82, 2.24) is 4.98 Å². The molecule has 19 heavy (non-hydrogen) atoms. The number of rotatable bonds is 5. The number of aromatic nitrogens is 1. The summed E-state index contributed by atoms with van der Waals surface area (Å²) in [6, 6.07) is 3.46. The summed E-state index contributed by atoms with van der Waals surface area (Å²) in [6.45, 7) is 3.50. The fourth-order valence-corrected chi connectivity index (χ4v) is 1.51. The van der Waals surface area contributed by atoms with Gasteiger partial charge in [-0.25, -0.2) is 4.98 Å². The van der Waals surface area contributed by atoms with E-state index >= 15 is 0 Å². The largest absolute Gasteiger partial charge is 0.481 e. The molecule has 0 saturated heterocycles. The van der Waals surface area contributed by atoms with Gasteiger partial charge in [0.05, 0.1) is 5.92 Å². The number of hydrogen-bond donors (Lipinski definition) is 2. The van der Waals surface area contributed by atoms with Crippen LogP contribution in [0.1, 0.15) is 19.5 Å². The fourth-order valence-electron chi connectivity index (χ4n) is 1.51. The van der Waals surface area contributed by atoms with E-state index in [1.54, 1.807) is 13.8 Å². The predicted molar refractivity (Wildman–Crippen MR) is 63.7 cm³/mol. The zero-order valence-electron chi connectivity index (χ0n) is 10.5. The van der Waals surface area contributed by atoms with Crippen LogP contribution in [0.25, 0.3) is 0 Å². The molecule has 1 heterocycles. The number of nitrogens with zero attached hydrogens (tertiary/aromatic N) is 1. The van der Waals surface area contributed by atoms with Crippen molar-refractivity contribution in [3.63, 3.8) is 0 Å². The highest BCUT2D eigenvalue weighted by molar-refractivity contribution is 5.71. The maximum Gasteiger partial charge on any atom is 0.433 e. The Labute approximate surface area is 108 Å². The number of anilines is 1. The first-order valence-electron chi connectivity index (χ1n) is 5.72. The lowest BCUT2D eigenvalue weighted by molar-refractivity contribution is -0.143. The fraction of sp³-hybridized carbons (Fsp3) is 0.500. The van der Waals surface area contributed by atoms with E-state index in [0.29, 0.717) is 0 Å². The van der Waals surface area contributed by atoms with Gasteiger partial charge in [-0.1, -0.05) is 19.9 Å². The second kappa shape index (κ2) is 5.90. The molecule has 2 N–H and O–H groups in total. The number of alkyl halides is 3. The Kier molecular flexibility index (Phi) is 4.74. The van der Waals surface area contributed by atoms with Crippen LogP contribution in [0.5, 0.6) is 0 Å². The van der Waals surface area contributed by atoms with Crippen molar-refractivity contribution in [2.24, 2.45) is 11.8 Å². The molecule has 0 aromatic carbocycles. The topological polar surface area (TPSA) is 62.2 Å². The minimum Gasteiger partial charge on any atom is -0.481 e. The van der Waals surface area contributed by atoms with Gasteiger partial charge in [0.2, 0.25) is 0 Å². The number of aliphatic carboxylic acids is 1. The van der Waals surface area contributed by atoms with Crippen LogP contribution in [0.2, 0.25) is 0 Å². The Morgan fingerprint density at radius 2 is 2.05 bits per heavy atom. The molecule has 7 heteroatoms. The van der Waals surface area contributed by atoms with Gasteiger partial charge in [0, 0.05) is 6.54 Å². The van der Waals surface area contributed by atoms with Crippen LogP contribution in [-0.2, 0) is 11.0 Å². The molecular formula is C12H15F3N2O2. The lowest BCUT2D eigenvalue weighted by Crippen LogP contribution is -2.28. The van der Waals surface area contributed by atoms with Gasteiger partial charge in [0.15, 0.2) is 0 Å². The normalized spacial score (nSPS) is 13.4. The Hall–Kier alpha value is -1.79. The first kappa shape index (κ1) is 15.3. The summed E-state index contributed by atoms with van der Waals surface area (Å²) in [7, 11) is 0. The summed E-state index contributed by atoms with van der Waals surface area (Å²) in [5, 5.41) is 11.6. The molecule has 0 amide bonds. The van der Waals surface area contributed by atoms with E-state index in [0.717, 1.165) is 6.07 Å². The summed E-state index contributed by atoms with van der Waals surface area (Å²) >= 11 is 0. The lowest BCUT2D eigenvalue weighted by atomic mass is 9.96. The molecule has 1 atom stereocenters. The average molecular weight is 276 g/mol. The van der Waals surface area contributed by atoms with Gasteiger partial charge in [0.25, 0.3) is 0 Å². The van der Waals surface area contributed by atoms with Crippen molar-refractivity contribution in [3.8, 4) is 0 Å². The Balaban J connectivity index is 2.75. The van der Waals surface area contributed by atoms with Gasteiger partial charge in [-0.3, -0.25) is 4.79 Å². The van der Waals surface area contributed by atoms with E-state index < -0.39 is 23.8 Å². The van der Waals surface area contributed by atoms with Gasteiger partial charge in [-0.15, -0.1) is 0 Å². The van der Waals surface area contributed by atoms with E-state index in [-0.39, 0.29) is 18.3 Å². The molecule has 1 aromatic rings. The molecule has 0 aliphatic carbocycles. The molecular weight excluding hydrogens is 261 g/mol. The number of hydrogen-bond acceptors (Lipinski definition) is 3. The molecule has 106 valence electrons. The third kappa shape index (κ3) is 4.42. The Morgan fingerprint density at radius 1 is 1.42 bits per heavy atom. The molecule has 0 radical (unpaired) electrons. The Morgan fingerprint density at radius 3 is 2.53 bits per heavy atom. The summed E-state index contributed by atoms with van der Waals surface area (Å²) in [5.41, 5.74) is -1.01. The number of halogens is 3. The molecule has 1 aromatic heterocycles. The molecule has 0 spiro atoms. The van der Waals surface area contributed by atoms with Gasteiger partial charge in [0.1, 0.15) is 11.5 Å². The first-order valence-corrected chi connectivity index (χ1v) is 5.72. The molecule has 0 bridgehead atoms. The van der Waals surface area contributed by atoms with Crippen molar-refractivity contribution in [3.05, 3.63) is 23.9 Å². The van der Waals surface area contributed by atoms with Gasteiger partial charge in [-0.05, 0) is 18.1 Å². The van der Waals surface area contributed by atoms with E-state index in [9.17, 15) is 18.0 Å². The number of pyridine rings is 1. The van der Waals surface area contributed by atoms with Crippen LogP contribution < -0.4 is 5.32 Å². The number of nitrogens with one attached hydrogen (secondary N) is 1. The van der Waals surface area contributed by atoms with Crippen LogP contribution in [0.3, 0.4) is 0 Å². The van der Waals surface area contributed by atoms with Crippen molar-refractivity contribution < 1.29 is 23.1 Å². The second-order valence-corrected chi connectivity index (χ2v) is 4.48. The lowest BCUT2D eigenvalue weighted by Gasteiger charge is -2.17. The predicted octanol–water partition coefficient (Wildman–Crippen LogP) is 2.87. The number of carboxylic acids is 1. The molecule has 0 fully saturated rings. The highest BCUT2D eigenvalue weighted by atomic mass is 19.4. The number of carbonyl (C=O) groups is 1. The second-order valence-electron chi connectivity index (χ2n) is 4.48. The van der Waals surface area contributed by atoms with Crippen molar-refractivity contribution in [1.29, 1.82) is 0 Å². The van der Waals surface area contributed by atoms with E-state index in [1.807, 2.05) is 0 Å². The van der Waals surface area contributed by atoms with Crippen LogP contribution in [0.4, 0.5) is 19.0 Å². The smallest absolute Gasteiger partial charge is 0.433 e. The SMILES string of the molecule is CC(C)C(CNc1cccc(C(F)(F)F)n1)C(=O)O. The highest BCUT2D eigenvalue weighted by Crippen LogP contribution is 2.28. The molecule has 1 rings (SSSR count). The quantitative estimate of drug-likeness (QED) is 0.868. The zero-order valence-corrected chi connectivity index (χ0v) is 10.5. The average Bonchev–Trinajstić information content (AvgIpc) is 2.27. The standard InChI is InChI=1S/C12H15F3N2O2/c1-7(2)8(11(18)19)6-16-10-5-3-4-9(17-10)12(13,14)15/h3-5,7-8H,6H2,1-2H3,(H,16,17)(H,18,19). The first-order chi connectivity index (χ1) is 8.71. The van der Waals surface area contributed by atoms with Crippen molar-refractivity contribution in [2.45, 2.75) is 20.0 Å². The molecule has 0 aliphatic rings.